The van der Waals surface area contributed by atoms with Crippen molar-refractivity contribution in [3.63, 3.8) is 0 Å². The fourth-order valence-corrected chi connectivity index (χ4v) is 2.47. The van der Waals surface area contributed by atoms with Gasteiger partial charge in [0, 0.05) is 17.7 Å². The van der Waals surface area contributed by atoms with E-state index in [1.807, 2.05) is 11.8 Å². The molecule has 0 saturated heterocycles. The molecule has 0 spiro atoms. The van der Waals surface area contributed by atoms with Gasteiger partial charge in [0.25, 0.3) is 0 Å². The first-order valence-electron chi connectivity index (χ1n) is 6.14. The Labute approximate surface area is 103 Å². The van der Waals surface area contributed by atoms with Crippen LogP contribution in [0.2, 0.25) is 0 Å². The second-order valence-electron chi connectivity index (χ2n) is 4.89. The first-order valence-corrected chi connectivity index (χ1v) is 7.36. The van der Waals surface area contributed by atoms with E-state index in [-0.39, 0.29) is 5.91 Å². The number of nitrogens with two attached hydrogens (primary N) is 1. The number of amides is 1. The zero-order chi connectivity index (χ0) is 12.0. The number of thioether (sulfide) groups is 1. The van der Waals surface area contributed by atoms with E-state index < -0.39 is 0 Å². The van der Waals surface area contributed by atoms with E-state index in [4.69, 9.17) is 5.73 Å². The zero-order valence-electron chi connectivity index (χ0n) is 10.4. The molecular weight excluding hydrogens is 220 g/mol. The standard InChI is InChI=1S/C12H24N2OS/c1-10(5-8-13)3-4-11(15)14-9-12(16-2)6-7-12/h10H,3-9,13H2,1-2H3,(H,14,15). The Hall–Kier alpha value is -0.220. The van der Waals surface area contributed by atoms with Crippen molar-refractivity contribution in [2.24, 2.45) is 11.7 Å². The van der Waals surface area contributed by atoms with Crippen LogP contribution in [-0.2, 0) is 4.79 Å². The molecule has 0 aromatic rings. The number of nitrogens with one attached hydrogen (secondary N) is 1. The van der Waals surface area contributed by atoms with E-state index in [0.29, 0.717) is 17.1 Å². The summed E-state index contributed by atoms with van der Waals surface area (Å²) in [6.07, 6.45) is 7.24. The van der Waals surface area contributed by atoms with Crippen LogP contribution in [0.3, 0.4) is 0 Å². The summed E-state index contributed by atoms with van der Waals surface area (Å²) in [5, 5.41) is 3.04. The smallest absolute Gasteiger partial charge is 0.220 e. The molecule has 16 heavy (non-hydrogen) atoms. The van der Waals surface area contributed by atoms with Gasteiger partial charge in [0.1, 0.15) is 0 Å². The lowest BCUT2D eigenvalue weighted by Gasteiger charge is -2.14. The molecule has 3 nitrogen and oxygen atoms in total. The minimum atomic E-state index is 0.198. The van der Waals surface area contributed by atoms with Crippen molar-refractivity contribution in [3.05, 3.63) is 0 Å². The van der Waals surface area contributed by atoms with Crippen LogP contribution in [0, 0.1) is 5.92 Å². The second kappa shape index (κ2) is 6.50. The summed E-state index contributed by atoms with van der Waals surface area (Å²) in [7, 11) is 0. The molecule has 0 aromatic heterocycles. The van der Waals surface area contributed by atoms with Crippen LogP contribution < -0.4 is 11.1 Å². The largest absolute Gasteiger partial charge is 0.355 e. The van der Waals surface area contributed by atoms with Crippen LogP contribution >= 0.6 is 11.8 Å². The van der Waals surface area contributed by atoms with Crippen molar-refractivity contribution < 1.29 is 4.79 Å². The normalized spacial score (nSPS) is 19.2. The van der Waals surface area contributed by atoms with Crippen molar-refractivity contribution in [3.8, 4) is 0 Å². The van der Waals surface area contributed by atoms with E-state index >= 15 is 0 Å². The van der Waals surface area contributed by atoms with E-state index in [1.54, 1.807) is 0 Å². The van der Waals surface area contributed by atoms with Gasteiger partial charge in [-0.15, -0.1) is 0 Å². The molecule has 0 aromatic carbocycles. The van der Waals surface area contributed by atoms with Crippen LogP contribution in [0.25, 0.3) is 0 Å². The minimum Gasteiger partial charge on any atom is -0.355 e. The van der Waals surface area contributed by atoms with Crippen LogP contribution in [0.1, 0.15) is 39.0 Å². The summed E-state index contributed by atoms with van der Waals surface area (Å²) in [4.78, 5) is 11.6. The fourth-order valence-electron chi connectivity index (χ4n) is 1.75. The van der Waals surface area contributed by atoms with Gasteiger partial charge in [-0.05, 0) is 44.4 Å². The summed E-state index contributed by atoms with van der Waals surface area (Å²) in [5.41, 5.74) is 5.47. The van der Waals surface area contributed by atoms with E-state index in [0.717, 1.165) is 25.9 Å². The minimum absolute atomic E-state index is 0.198. The Morgan fingerprint density at radius 1 is 1.50 bits per heavy atom. The topological polar surface area (TPSA) is 55.1 Å². The van der Waals surface area contributed by atoms with Crippen LogP contribution in [0.15, 0.2) is 0 Å². The molecular formula is C12H24N2OS. The van der Waals surface area contributed by atoms with Gasteiger partial charge < -0.3 is 11.1 Å². The van der Waals surface area contributed by atoms with Gasteiger partial charge in [0.15, 0.2) is 0 Å². The Balaban J connectivity index is 2.07. The quantitative estimate of drug-likeness (QED) is 0.684. The molecule has 1 saturated carbocycles. The molecule has 94 valence electrons. The number of rotatable bonds is 8. The summed E-state index contributed by atoms with van der Waals surface area (Å²) in [5.74, 6) is 0.760. The van der Waals surface area contributed by atoms with Gasteiger partial charge in [0.2, 0.25) is 5.91 Å². The molecule has 1 aliphatic carbocycles. The van der Waals surface area contributed by atoms with Crippen LogP contribution in [-0.4, -0.2) is 30.0 Å². The molecule has 0 radical (unpaired) electrons. The van der Waals surface area contributed by atoms with Gasteiger partial charge in [-0.3, -0.25) is 4.79 Å². The van der Waals surface area contributed by atoms with Crippen molar-refractivity contribution in [1.29, 1.82) is 0 Å². The predicted molar refractivity (Wildman–Crippen MR) is 70.6 cm³/mol. The highest BCUT2D eigenvalue weighted by molar-refractivity contribution is 8.00. The maximum absolute atomic E-state index is 11.6. The zero-order valence-corrected chi connectivity index (χ0v) is 11.2. The third-order valence-corrected chi connectivity index (χ3v) is 4.79. The number of hydrogen-bond donors (Lipinski definition) is 2. The molecule has 0 aliphatic heterocycles. The number of carbonyl (C=O) groups is 1. The highest BCUT2D eigenvalue weighted by atomic mass is 32.2. The van der Waals surface area contributed by atoms with Gasteiger partial charge in [-0.2, -0.15) is 11.8 Å². The molecule has 1 unspecified atom stereocenters. The molecule has 0 heterocycles. The molecule has 1 fully saturated rings. The molecule has 1 amide bonds. The van der Waals surface area contributed by atoms with Gasteiger partial charge in [-0.25, -0.2) is 0 Å². The van der Waals surface area contributed by atoms with Crippen molar-refractivity contribution in [2.45, 2.75) is 43.8 Å². The third-order valence-electron chi connectivity index (χ3n) is 3.37. The summed E-state index contributed by atoms with van der Waals surface area (Å²) in [6.45, 7) is 3.72. The average Bonchev–Trinajstić information content (AvgIpc) is 3.05. The van der Waals surface area contributed by atoms with Crippen LogP contribution in [0.5, 0.6) is 0 Å². The lowest BCUT2D eigenvalue weighted by Crippen LogP contribution is -2.31. The molecule has 4 heteroatoms. The monoisotopic (exact) mass is 244 g/mol. The molecule has 1 atom stereocenters. The molecule has 3 N–H and O–H groups in total. The molecule has 0 bridgehead atoms. The lowest BCUT2D eigenvalue weighted by molar-refractivity contribution is -0.121. The van der Waals surface area contributed by atoms with Gasteiger partial charge in [-0.1, -0.05) is 6.92 Å². The van der Waals surface area contributed by atoms with E-state index in [2.05, 4.69) is 18.5 Å². The van der Waals surface area contributed by atoms with Crippen molar-refractivity contribution >= 4 is 17.7 Å². The predicted octanol–water partition coefficient (Wildman–Crippen LogP) is 1.76. The Bertz CT molecular complexity index is 229. The van der Waals surface area contributed by atoms with E-state index in [9.17, 15) is 4.79 Å². The summed E-state index contributed by atoms with van der Waals surface area (Å²) >= 11 is 1.88. The summed E-state index contributed by atoms with van der Waals surface area (Å²) < 4.78 is 0.374. The maximum atomic E-state index is 11.6. The van der Waals surface area contributed by atoms with Crippen molar-refractivity contribution in [2.75, 3.05) is 19.3 Å². The number of carbonyl (C=O) groups excluding carboxylic acids is 1. The molecule has 1 rings (SSSR count). The Morgan fingerprint density at radius 3 is 2.69 bits per heavy atom. The second-order valence-corrected chi connectivity index (χ2v) is 6.16. The maximum Gasteiger partial charge on any atom is 0.220 e. The van der Waals surface area contributed by atoms with Crippen LogP contribution in [0.4, 0.5) is 0 Å². The lowest BCUT2D eigenvalue weighted by atomic mass is 10.0. The Kier molecular flexibility index (Phi) is 5.62. The van der Waals surface area contributed by atoms with Gasteiger partial charge in [0.05, 0.1) is 0 Å². The van der Waals surface area contributed by atoms with E-state index in [1.165, 1.54) is 12.8 Å². The average molecular weight is 244 g/mol. The third kappa shape index (κ3) is 4.74. The first kappa shape index (κ1) is 13.8. The number of hydrogen-bond acceptors (Lipinski definition) is 3. The van der Waals surface area contributed by atoms with Gasteiger partial charge >= 0.3 is 0 Å². The first-order chi connectivity index (χ1) is 7.62. The molecule has 1 aliphatic rings. The summed E-state index contributed by atoms with van der Waals surface area (Å²) in [6, 6.07) is 0. The SMILES string of the molecule is CSC1(CNC(=O)CCC(C)CCN)CC1. The fraction of sp³-hybridized carbons (Fsp3) is 0.917. The highest BCUT2D eigenvalue weighted by Crippen LogP contribution is 2.46. The highest BCUT2D eigenvalue weighted by Gasteiger charge is 2.41. The van der Waals surface area contributed by atoms with Crippen molar-refractivity contribution in [1.82, 2.24) is 5.32 Å². The Morgan fingerprint density at radius 2 is 2.19 bits per heavy atom.